The van der Waals surface area contributed by atoms with Gasteiger partial charge in [0.1, 0.15) is 0 Å². The van der Waals surface area contributed by atoms with Gasteiger partial charge in [0, 0.05) is 36.9 Å². The first kappa shape index (κ1) is 14.2. The quantitative estimate of drug-likeness (QED) is 0.863. The fourth-order valence-corrected chi connectivity index (χ4v) is 2.55. The molecule has 1 amide bonds. The molecule has 5 heteroatoms. The van der Waals surface area contributed by atoms with Gasteiger partial charge in [0.2, 0.25) is 0 Å². The molecule has 0 atom stereocenters. The zero-order valence-corrected chi connectivity index (χ0v) is 12.0. The number of piperazine rings is 1. The maximum absolute atomic E-state index is 12.4. The number of halogens is 1. The summed E-state index contributed by atoms with van der Waals surface area (Å²) in [5.74, 6) is -0.0175. The van der Waals surface area contributed by atoms with Crippen LogP contribution >= 0.6 is 11.6 Å². The topological polar surface area (TPSA) is 49.6 Å². The maximum Gasteiger partial charge on any atom is 0.256 e. The van der Waals surface area contributed by atoms with Gasteiger partial charge in [0.25, 0.3) is 5.91 Å². The monoisotopic (exact) mass is 281 g/mol. The Labute approximate surface area is 119 Å². The molecule has 1 aliphatic heterocycles. The minimum absolute atomic E-state index is 0.0175. The van der Waals surface area contributed by atoms with Crippen LogP contribution in [-0.2, 0) is 0 Å². The van der Waals surface area contributed by atoms with Crippen LogP contribution in [0.25, 0.3) is 0 Å². The summed E-state index contributed by atoms with van der Waals surface area (Å²) in [5.41, 5.74) is 6.86. The molecule has 0 saturated carbocycles. The largest absolute Gasteiger partial charge is 0.398 e. The summed E-state index contributed by atoms with van der Waals surface area (Å²) in [6.07, 6.45) is 1.15. The number of carbonyl (C=O) groups is 1. The van der Waals surface area contributed by atoms with Crippen molar-refractivity contribution in [3.8, 4) is 0 Å². The molecule has 1 heterocycles. The molecule has 0 radical (unpaired) electrons. The van der Waals surface area contributed by atoms with Crippen LogP contribution in [0.5, 0.6) is 0 Å². The normalized spacial score (nSPS) is 16.6. The van der Waals surface area contributed by atoms with Crippen LogP contribution in [0.3, 0.4) is 0 Å². The summed E-state index contributed by atoms with van der Waals surface area (Å²) in [5, 5.41) is 0.544. The van der Waals surface area contributed by atoms with Crippen LogP contribution in [0.1, 0.15) is 23.7 Å². The molecule has 1 fully saturated rings. The number of nitrogens with two attached hydrogens (primary N) is 1. The second kappa shape index (κ2) is 6.26. The smallest absolute Gasteiger partial charge is 0.256 e. The van der Waals surface area contributed by atoms with Crippen LogP contribution in [0.2, 0.25) is 5.02 Å². The van der Waals surface area contributed by atoms with E-state index in [4.69, 9.17) is 17.3 Å². The lowest BCUT2D eigenvalue weighted by molar-refractivity contribution is 0.0638. The zero-order chi connectivity index (χ0) is 13.8. The molecule has 0 unspecified atom stereocenters. The maximum atomic E-state index is 12.4. The van der Waals surface area contributed by atoms with E-state index in [9.17, 15) is 4.79 Å². The summed E-state index contributed by atoms with van der Waals surface area (Å²) in [7, 11) is 0. The summed E-state index contributed by atoms with van der Waals surface area (Å²) in [6.45, 7) is 6.64. The van der Waals surface area contributed by atoms with Crippen LogP contribution in [0, 0.1) is 0 Å². The Morgan fingerprint density at radius 3 is 2.63 bits per heavy atom. The van der Waals surface area contributed by atoms with E-state index in [1.165, 1.54) is 0 Å². The molecule has 104 valence electrons. The van der Waals surface area contributed by atoms with E-state index >= 15 is 0 Å². The van der Waals surface area contributed by atoms with Crippen LogP contribution < -0.4 is 5.73 Å². The van der Waals surface area contributed by atoms with Crippen molar-refractivity contribution in [3.63, 3.8) is 0 Å². The SMILES string of the molecule is CCCN1CCN(C(=O)c2cc(Cl)ccc2N)CC1. The first-order chi connectivity index (χ1) is 9.11. The van der Waals surface area contributed by atoms with Crippen molar-refractivity contribution in [1.29, 1.82) is 0 Å². The van der Waals surface area contributed by atoms with Crippen LogP contribution in [0.15, 0.2) is 18.2 Å². The standard InChI is InChI=1S/C14H20ClN3O/c1-2-5-17-6-8-18(9-7-17)14(19)12-10-11(15)3-4-13(12)16/h3-4,10H,2,5-9,16H2,1H3. The van der Waals surface area contributed by atoms with Crippen LogP contribution in [0.4, 0.5) is 5.69 Å². The molecule has 0 aromatic heterocycles. The highest BCUT2D eigenvalue weighted by Gasteiger charge is 2.23. The molecular weight excluding hydrogens is 262 g/mol. The number of anilines is 1. The second-order valence-electron chi connectivity index (χ2n) is 4.87. The molecule has 1 aliphatic rings. The van der Waals surface area contributed by atoms with Gasteiger partial charge < -0.3 is 10.6 Å². The number of hydrogen-bond donors (Lipinski definition) is 1. The average Bonchev–Trinajstić information content (AvgIpc) is 2.42. The lowest BCUT2D eigenvalue weighted by atomic mass is 10.1. The van der Waals surface area contributed by atoms with Crippen molar-refractivity contribution < 1.29 is 4.79 Å². The minimum atomic E-state index is -0.0175. The van der Waals surface area contributed by atoms with Gasteiger partial charge in [0.05, 0.1) is 5.56 Å². The second-order valence-corrected chi connectivity index (χ2v) is 5.30. The molecule has 4 nitrogen and oxygen atoms in total. The van der Waals surface area contributed by atoms with Gasteiger partial charge in [-0.05, 0) is 31.2 Å². The highest BCUT2D eigenvalue weighted by molar-refractivity contribution is 6.31. The Bertz CT molecular complexity index is 456. The molecule has 0 aliphatic carbocycles. The summed E-state index contributed by atoms with van der Waals surface area (Å²) in [6, 6.07) is 5.04. The third-order valence-corrected chi connectivity index (χ3v) is 3.68. The lowest BCUT2D eigenvalue weighted by Gasteiger charge is -2.34. The van der Waals surface area contributed by atoms with Crippen molar-refractivity contribution in [2.45, 2.75) is 13.3 Å². The predicted octanol–water partition coefficient (Wildman–Crippen LogP) is 2.09. The summed E-state index contributed by atoms with van der Waals surface area (Å²) < 4.78 is 0. The van der Waals surface area contributed by atoms with E-state index in [0.717, 1.165) is 39.1 Å². The highest BCUT2D eigenvalue weighted by Crippen LogP contribution is 2.20. The van der Waals surface area contributed by atoms with E-state index in [2.05, 4.69) is 11.8 Å². The Hall–Kier alpha value is -1.26. The first-order valence-corrected chi connectivity index (χ1v) is 7.06. The summed E-state index contributed by atoms with van der Waals surface area (Å²) in [4.78, 5) is 16.6. The van der Waals surface area contributed by atoms with Gasteiger partial charge in [-0.2, -0.15) is 0 Å². The van der Waals surface area contributed by atoms with E-state index < -0.39 is 0 Å². The average molecular weight is 282 g/mol. The number of hydrogen-bond acceptors (Lipinski definition) is 3. The first-order valence-electron chi connectivity index (χ1n) is 6.68. The van der Waals surface area contributed by atoms with Gasteiger partial charge in [-0.3, -0.25) is 9.69 Å². The minimum Gasteiger partial charge on any atom is -0.398 e. The van der Waals surface area contributed by atoms with Crippen LogP contribution in [-0.4, -0.2) is 48.4 Å². The fourth-order valence-electron chi connectivity index (χ4n) is 2.37. The Morgan fingerprint density at radius 1 is 1.32 bits per heavy atom. The van der Waals surface area contributed by atoms with Gasteiger partial charge in [-0.1, -0.05) is 18.5 Å². The number of benzene rings is 1. The Balaban J connectivity index is 2.03. The van der Waals surface area contributed by atoms with E-state index in [0.29, 0.717) is 16.3 Å². The molecule has 2 rings (SSSR count). The van der Waals surface area contributed by atoms with Crippen molar-refractivity contribution in [2.24, 2.45) is 0 Å². The van der Waals surface area contributed by atoms with Crippen molar-refractivity contribution >= 4 is 23.2 Å². The van der Waals surface area contributed by atoms with Crippen molar-refractivity contribution in [2.75, 3.05) is 38.5 Å². The zero-order valence-electron chi connectivity index (χ0n) is 11.2. The summed E-state index contributed by atoms with van der Waals surface area (Å²) >= 11 is 5.93. The predicted molar refractivity (Wildman–Crippen MR) is 78.5 cm³/mol. The van der Waals surface area contributed by atoms with Gasteiger partial charge in [-0.25, -0.2) is 0 Å². The number of carbonyl (C=O) groups excluding carboxylic acids is 1. The van der Waals surface area contributed by atoms with Gasteiger partial charge in [0.15, 0.2) is 0 Å². The highest BCUT2D eigenvalue weighted by atomic mass is 35.5. The Morgan fingerprint density at radius 2 is 2.00 bits per heavy atom. The van der Waals surface area contributed by atoms with Crippen molar-refractivity contribution in [3.05, 3.63) is 28.8 Å². The molecule has 0 bridgehead atoms. The fraction of sp³-hybridized carbons (Fsp3) is 0.500. The Kier molecular flexibility index (Phi) is 4.66. The lowest BCUT2D eigenvalue weighted by Crippen LogP contribution is -2.48. The number of nitrogen functional groups attached to an aromatic ring is 1. The molecule has 1 saturated heterocycles. The van der Waals surface area contributed by atoms with E-state index in [1.54, 1.807) is 18.2 Å². The van der Waals surface area contributed by atoms with Crippen molar-refractivity contribution in [1.82, 2.24) is 9.80 Å². The third-order valence-electron chi connectivity index (χ3n) is 3.45. The van der Waals surface area contributed by atoms with Gasteiger partial charge in [-0.15, -0.1) is 0 Å². The molecular formula is C14H20ClN3O. The van der Waals surface area contributed by atoms with Gasteiger partial charge >= 0.3 is 0 Å². The molecule has 19 heavy (non-hydrogen) atoms. The molecule has 2 N–H and O–H groups in total. The third kappa shape index (κ3) is 3.39. The number of nitrogens with zero attached hydrogens (tertiary/aromatic N) is 2. The molecule has 1 aromatic carbocycles. The molecule has 0 spiro atoms. The van der Waals surface area contributed by atoms with E-state index in [1.807, 2.05) is 4.90 Å². The molecule has 1 aromatic rings. The number of amides is 1. The van der Waals surface area contributed by atoms with E-state index in [-0.39, 0.29) is 5.91 Å². The number of rotatable bonds is 3.